The molecule has 1 aromatic carbocycles. The average molecular weight is 1080 g/mol. The average Bonchev–Trinajstić information content (AvgIpc) is 4.20. The highest BCUT2D eigenvalue weighted by Crippen LogP contribution is 2.54. The SMILES string of the molecule is C=C1C[C@H](CC[C@@]23C[C@H]4OC5C(O2)[C@H]2OC(CC(=O)CC6[C@H](CCC)O[C@H](CC(O)CNC(=O)Oc7cc(C)c8c(c7)CC[C@@](C)(CCCC(C)CCCC(C)CCCC(C)C)O8)[C@@H]6OC)CC[C@@H]2O[C@H]5[C@H]4O3)O[C@H]1CC. The molecule has 9 aliphatic heterocycles. The molecule has 0 radical (unpaired) electrons. The number of aryl methyl sites for hydroxylation is 2. The van der Waals surface area contributed by atoms with Gasteiger partial charge in [0, 0.05) is 51.7 Å². The van der Waals surface area contributed by atoms with Gasteiger partial charge < -0.3 is 57.8 Å². The Labute approximate surface area is 461 Å². The quantitative estimate of drug-likeness (QED) is 0.0765. The van der Waals surface area contributed by atoms with Gasteiger partial charge in [-0.3, -0.25) is 4.79 Å². The molecule has 7 unspecified atom stereocenters. The van der Waals surface area contributed by atoms with Crippen LogP contribution in [0, 0.1) is 30.6 Å². The van der Waals surface area contributed by atoms with Crippen molar-refractivity contribution in [3.05, 3.63) is 35.4 Å². The van der Waals surface area contributed by atoms with Gasteiger partial charge in [-0.2, -0.15) is 0 Å². The van der Waals surface area contributed by atoms with Gasteiger partial charge in [-0.15, -0.1) is 0 Å². The van der Waals surface area contributed by atoms with Crippen LogP contribution >= 0.6 is 0 Å². The standard InChI is InChI=1S/C63H99NO13/c1-11-16-50-48(33-43(65)32-45-22-23-51-56(70-45)60-59-58(73-51)57-53(74-59)35-63(76-57,77-60)28-25-46-29-40(7)49(12-2)69-46)55(68-10)52(72-50)34-44(66)36-64-61(67)71-47-30-41(8)54-42(31-47)24-27-62(9,75-54)26-15-21-39(6)20-14-19-38(5)18-13-17-37(3)4/h30-31,37-39,44-46,48-53,55-60,66H,7,11-29,32-36H2,1-6,8-10H3,(H,64,67)/t38?,39?,44?,45?,46-,48?,49-,50-,51-,52+,53+,55+,56-,57-,58-,59?,60?,62+,63-/m0/s1. The molecule has 9 heterocycles. The van der Waals surface area contributed by atoms with Crippen molar-refractivity contribution >= 4 is 11.9 Å². The first-order chi connectivity index (χ1) is 36.9. The Kier molecular flexibility index (Phi) is 20.0. The van der Waals surface area contributed by atoms with Crippen LogP contribution < -0.4 is 14.8 Å². The van der Waals surface area contributed by atoms with Gasteiger partial charge in [0.25, 0.3) is 0 Å². The molecule has 9 aliphatic rings. The number of ketones is 1. The number of amides is 1. The molecule has 1 aromatic rings. The number of rotatable bonds is 28. The minimum absolute atomic E-state index is 0.0278. The summed E-state index contributed by atoms with van der Waals surface area (Å²) in [6.45, 7) is 22.2. The molecule has 0 saturated carbocycles. The number of Topliss-reactive ketones (excluding diaryl/α,β-unsaturated/α-hetero) is 1. The first-order valence-electron chi connectivity index (χ1n) is 30.8. The van der Waals surface area contributed by atoms with Gasteiger partial charge in [-0.05, 0) is 125 Å². The van der Waals surface area contributed by atoms with E-state index in [4.69, 9.17) is 47.4 Å². The maximum Gasteiger partial charge on any atom is 0.412 e. The van der Waals surface area contributed by atoms with E-state index in [9.17, 15) is 14.7 Å². The zero-order valence-electron chi connectivity index (χ0n) is 48.6. The highest BCUT2D eigenvalue weighted by atomic mass is 16.8. The molecule has 0 aromatic heterocycles. The molecule has 19 atom stereocenters. The number of carbonyl (C=O) groups is 2. The summed E-state index contributed by atoms with van der Waals surface area (Å²) in [6.07, 6.45) is 16.6. The highest BCUT2D eigenvalue weighted by Gasteiger charge is 2.69. The van der Waals surface area contributed by atoms with Crippen molar-refractivity contribution in [1.82, 2.24) is 5.32 Å². The molecule has 1 amide bonds. The van der Waals surface area contributed by atoms with Crippen LogP contribution in [0.1, 0.15) is 201 Å². The van der Waals surface area contributed by atoms with Crippen molar-refractivity contribution in [2.75, 3.05) is 13.7 Å². The maximum absolute atomic E-state index is 14.1. The van der Waals surface area contributed by atoms with Crippen molar-refractivity contribution in [3.8, 4) is 11.5 Å². The Morgan fingerprint density at radius 1 is 0.818 bits per heavy atom. The van der Waals surface area contributed by atoms with Crippen molar-refractivity contribution < 1.29 is 62.1 Å². The van der Waals surface area contributed by atoms with Crippen molar-refractivity contribution in [1.29, 1.82) is 0 Å². The van der Waals surface area contributed by atoms with E-state index >= 15 is 0 Å². The van der Waals surface area contributed by atoms with Gasteiger partial charge in [0.15, 0.2) is 5.79 Å². The molecule has 10 rings (SSSR count). The normalized spacial score (nSPS) is 37.1. The van der Waals surface area contributed by atoms with E-state index in [2.05, 4.69) is 60.4 Å². The topological polar surface area (TPSA) is 159 Å². The Balaban J connectivity index is 0.707. The van der Waals surface area contributed by atoms with Crippen molar-refractivity contribution in [3.63, 3.8) is 0 Å². The zero-order chi connectivity index (χ0) is 54.6. The second kappa shape index (κ2) is 26.1. The van der Waals surface area contributed by atoms with Crippen LogP contribution in [0.3, 0.4) is 0 Å². The molecule has 14 heteroatoms. The minimum atomic E-state index is -0.930. The number of benzene rings is 1. The second-order valence-corrected chi connectivity index (χ2v) is 26.0. The van der Waals surface area contributed by atoms with Crippen LogP contribution in [0.2, 0.25) is 0 Å². The number of nitrogens with one attached hydrogen (secondary N) is 1. The molecule has 14 nitrogen and oxygen atoms in total. The molecule has 77 heavy (non-hydrogen) atoms. The molecule has 2 N–H and O–H groups in total. The predicted octanol–water partition coefficient (Wildman–Crippen LogP) is 11.8. The summed E-state index contributed by atoms with van der Waals surface area (Å²) in [7, 11) is 1.64. The summed E-state index contributed by atoms with van der Waals surface area (Å²) in [5.74, 6) is 2.81. The largest absolute Gasteiger partial charge is 0.487 e. The molecule has 0 aliphatic carbocycles. The summed E-state index contributed by atoms with van der Waals surface area (Å²) in [5.41, 5.74) is 2.93. The monoisotopic (exact) mass is 1080 g/mol. The Morgan fingerprint density at radius 3 is 2.27 bits per heavy atom. The van der Waals surface area contributed by atoms with Crippen LogP contribution in [-0.2, 0) is 49.1 Å². The van der Waals surface area contributed by atoms with Gasteiger partial charge in [0.2, 0.25) is 0 Å². The number of hydrogen-bond acceptors (Lipinski definition) is 13. The van der Waals surface area contributed by atoms with E-state index in [-0.39, 0.29) is 110 Å². The van der Waals surface area contributed by atoms with E-state index in [0.29, 0.717) is 25.0 Å². The van der Waals surface area contributed by atoms with E-state index in [1.54, 1.807) is 7.11 Å². The third kappa shape index (κ3) is 14.3. The van der Waals surface area contributed by atoms with Crippen LogP contribution in [0.15, 0.2) is 24.3 Å². The number of aliphatic hydroxyl groups is 1. The molecule has 6 bridgehead atoms. The first-order valence-corrected chi connectivity index (χ1v) is 30.8. The molecule has 8 saturated heterocycles. The Hall–Kier alpha value is -2.66. The van der Waals surface area contributed by atoms with Gasteiger partial charge in [0.05, 0.1) is 54.9 Å². The summed E-state index contributed by atoms with van der Waals surface area (Å²) in [4.78, 5) is 27.3. The molecule has 434 valence electrons. The first kappa shape index (κ1) is 59.0. The number of hydrogen-bond donors (Lipinski definition) is 2. The lowest BCUT2D eigenvalue weighted by Crippen LogP contribution is -2.61. The molecule has 8 fully saturated rings. The van der Waals surface area contributed by atoms with Crippen LogP contribution in [0.25, 0.3) is 0 Å². The third-order valence-electron chi connectivity index (χ3n) is 19.0. The van der Waals surface area contributed by atoms with Crippen LogP contribution in [0.5, 0.6) is 11.5 Å². The van der Waals surface area contributed by atoms with Gasteiger partial charge >= 0.3 is 6.09 Å². The van der Waals surface area contributed by atoms with E-state index in [1.165, 1.54) is 44.9 Å². The predicted molar refractivity (Wildman–Crippen MR) is 294 cm³/mol. The fraction of sp³-hybridized carbons (Fsp3) is 0.841. The van der Waals surface area contributed by atoms with Crippen LogP contribution in [0.4, 0.5) is 4.79 Å². The molecular formula is C63H99NO13. The fourth-order valence-corrected chi connectivity index (χ4v) is 14.8. The fourth-order valence-electron chi connectivity index (χ4n) is 14.8. The van der Waals surface area contributed by atoms with Gasteiger partial charge in [-0.25, -0.2) is 4.79 Å². The number of fused-ring (bicyclic) bond motifs is 2. The molecular weight excluding hydrogens is 979 g/mol. The third-order valence-corrected chi connectivity index (χ3v) is 19.0. The van der Waals surface area contributed by atoms with Gasteiger partial charge in [-0.1, -0.05) is 99.5 Å². The smallest absolute Gasteiger partial charge is 0.412 e. The summed E-state index contributed by atoms with van der Waals surface area (Å²) < 4.78 is 65.4. The lowest BCUT2D eigenvalue weighted by atomic mass is 9.84. The minimum Gasteiger partial charge on any atom is -0.487 e. The van der Waals surface area contributed by atoms with Gasteiger partial charge in [0.1, 0.15) is 53.4 Å². The van der Waals surface area contributed by atoms with Crippen LogP contribution in [-0.4, -0.2) is 127 Å². The second-order valence-electron chi connectivity index (χ2n) is 26.0. The number of aliphatic hydroxyl groups excluding tert-OH is 1. The van der Waals surface area contributed by atoms with Crippen molar-refractivity contribution in [2.45, 2.75) is 300 Å². The van der Waals surface area contributed by atoms with Crippen molar-refractivity contribution in [2.24, 2.45) is 23.7 Å². The lowest BCUT2D eigenvalue weighted by Gasteiger charge is -2.47. The van der Waals surface area contributed by atoms with E-state index in [1.807, 2.05) is 19.1 Å². The Morgan fingerprint density at radius 2 is 1.55 bits per heavy atom. The number of methoxy groups -OCH3 is 1. The lowest BCUT2D eigenvalue weighted by molar-refractivity contribution is -0.292. The Bertz CT molecular complexity index is 2140. The summed E-state index contributed by atoms with van der Waals surface area (Å²) >= 11 is 0. The number of carbonyl (C=O) groups excluding carboxylic acids is 2. The van der Waals surface area contributed by atoms with E-state index in [0.717, 1.165) is 104 Å². The summed E-state index contributed by atoms with van der Waals surface area (Å²) in [6, 6.07) is 3.77. The summed E-state index contributed by atoms with van der Waals surface area (Å²) in [5, 5.41) is 14.0. The number of ether oxygens (including phenoxy) is 10. The zero-order valence-corrected chi connectivity index (χ0v) is 48.6. The van der Waals surface area contributed by atoms with E-state index < -0.39 is 30.2 Å². The highest BCUT2D eigenvalue weighted by molar-refractivity contribution is 5.79. The maximum atomic E-state index is 14.1. The molecule has 0 spiro atoms.